The predicted octanol–water partition coefficient (Wildman–Crippen LogP) is 1.97. The predicted molar refractivity (Wildman–Crippen MR) is 48.1 cm³/mol. The lowest BCUT2D eigenvalue weighted by molar-refractivity contribution is -0.136. The average molecular weight is 214 g/mol. The zero-order valence-corrected chi connectivity index (χ0v) is 8.52. The summed E-state index contributed by atoms with van der Waals surface area (Å²) in [6.45, 7) is 3.01. The van der Waals surface area contributed by atoms with E-state index >= 15 is 0 Å². The van der Waals surface area contributed by atoms with Gasteiger partial charge in [-0.15, -0.1) is 11.6 Å². The highest BCUT2D eigenvalue weighted by molar-refractivity contribution is 6.18. The van der Waals surface area contributed by atoms with Gasteiger partial charge in [0.2, 0.25) is 5.91 Å². The van der Waals surface area contributed by atoms with Crippen LogP contribution in [0, 0.1) is 5.92 Å². The fraction of sp³-hybridized carbons (Fsp3) is 0.875. The van der Waals surface area contributed by atoms with Gasteiger partial charge in [-0.25, -0.2) is 8.78 Å². The fourth-order valence-corrected chi connectivity index (χ4v) is 1.13. The summed E-state index contributed by atoms with van der Waals surface area (Å²) in [5.41, 5.74) is 0. The van der Waals surface area contributed by atoms with Gasteiger partial charge < -0.3 is 4.90 Å². The summed E-state index contributed by atoms with van der Waals surface area (Å²) in [6.07, 6.45) is -2.49. The second kappa shape index (κ2) is 6.13. The average Bonchev–Trinajstić information content (AvgIpc) is 2.01. The Balaban J connectivity index is 4.15. The van der Waals surface area contributed by atoms with Crippen molar-refractivity contribution in [1.29, 1.82) is 0 Å². The van der Waals surface area contributed by atoms with Crippen LogP contribution in [0.4, 0.5) is 8.78 Å². The lowest BCUT2D eigenvalue weighted by Gasteiger charge is -2.22. The van der Waals surface area contributed by atoms with Crippen molar-refractivity contribution in [2.24, 2.45) is 5.92 Å². The van der Waals surface area contributed by atoms with Crippen LogP contribution in [0.3, 0.4) is 0 Å². The lowest BCUT2D eigenvalue weighted by Crippen LogP contribution is -2.39. The topological polar surface area (TPSA) is 20.3 Å². The maximum absolute atomic E-state index is 12.0. The van der Waals surface area contributed by atoms with Crippen LogP contribution in [0.15, 0.2) is 0 Å². The van der Waals surface area contributed by atoms with Gasteiger partial charge in [0.1, 0.15) is 0 Å². The fourth-order valence-electron chi connectivity index (χ4n) is 0.925. The molecule has 0 rings (SSSR count). The minimum absolute atomic E-state index is 0.183. The van der Waals surface area contributed by atoms with Crippen molar-refractivity contribution in [3.63, 3.8) is 0 Å². The van der Waals surface area contributed by atoms with Crippen LogP contribution in [0.25, 0.3) is 0 Å². The van der Waals surface area contributed by atoms with E-state index in [1.165, 1.54) is 0 Å². The summed E-state index contributed by atoms with van der Waals surface area (Å²) in [4.78, 5) is 12.4. The summed E-state index contributed by atoms with van der Waals surface area (Å²) in [6, 6.07) is 0. The molecule has 0 bridgehead atoms. The number of amides is 1. The Morgan fingerprint density at radius 1 is 1.46 bits per heavy atom. The van der Waals surface area contributed by atoms with E-state index in [0.29, 0.717) is 0 Å². The van der Waals surface area contributed by atoms with E-state index in [1.807, 2.05) is 0 Å². The van der Waals surface area contributed by atoms with Crippen molar-refractivity contribution in [2.45, 2.75) is 20.3 Å². The van der Waals surface area contributed by atoms with Crippen molar-refractivity contribution in [3.05, 3.63) is 0 Å². The largest absolute Gasteiger partial charge is 0.336 e. The molecule has 13 heavy (non-hydrogen) atoms. The zero-order chi connectivity index (χ0) is 10.4. The molecule has 0 saturated carbocycles. The maximum Gasteiger partial charge on any atom is 0.255 e. The van der Waals surface area contributed by atoms with Crippen LogP contribution < -0.4 is 0 Å². The molecule has 0 radical (unpaired) electrons. The molecule has 0 aromatic carbocycles. The van der Waals surface area contributed by atoms with Gasteiger partial charge in [-0.2, -0.15) is 0 Å². The molecule has 0 spiro atoms. The van der Waals surface area contributed by atoms with Crippen molar-refractivity contribution >= 4 is 17.5 Å². The molecule has 0 fully saturated rings. The van der Waals surface area contributed by atoms with Gasteiger partial charge in [-0.1, -0.05) is 13.8 Å². The Kier molecular flexibility index (Phi) is 5.95. The van der Waals surface area contributed by atoms with E-state index < -0.39 is 13.0 Å². The molecule has 2 nitrogen and oxygen atoms in total. The van der Waals surface area contributed by atoms with Crippen LogP contribution in [0.5, 0.6) is 0 Å². The molecular weight excluding hydrogens is 200 g/mol. The highest BCUT2D eigenvalue weighted by Crippen LogP contribution is 2.05. The summed E-state index contributed by atoms with van der Waals surface area (Å²) in [5, 5.41) is 0. The zero-order valence-electron chi connectivity index (χ0n) is 7.77. The number of rotatable bonds is 5. The number of hydrogen-bond acceptors (Lipinski definition) is 1. The van der Waals surface area contributed by atoms with E-state index in [0.717, 1.165) is 4.90 Å². The van der Waals surface area contributed by atoms with Crippen molar-refractivity contribution in [1.82, 2.24) is 4.90 Å². The first-order valence-electron chi connectivity index (χ1n) is 4.12. The molecule has 0 aromatic heterocycles. The Hall–Kier alpha value is -0.380. The number of alkyl halides is 3. The van der Waals surface area contributed by atoms with Crippen molar-refractivity contribution in [2.75, 3.05) is 19.0 Å². The van der Waals surface area contributed by atoms with E-state index in [-0.39, 0.29) is 24.2 Å². The Morgan fingerprint density at radius 3 is 2.31 bits per heavy atom. The Labute approximate surface area is 81.8 Å². The minimum atomic E-state index is -2.49. The van der Waals surface area contributed by atoms with Gasteiger partial charge in [-0.05, 0) is 0 Å². The lowest BCUT2D eigenvalue weighted by atomic mass is 10.2. The first kappa shape index (κ1) is 12.6. The van der Waals surface area contributed by atoms with Crippen molar-refractivity contribution in [3.8, 4) is 0 Å². The van der Waals surface area contributed by atoms with Crippen LogP contribution >= 0.6 is 11.6 Å². The first-order valence-corrected chi connectivity index (χ1v) is 4.65. The third-order valence-electron chi connectivity index (χ3n) is 1.52. The van der Waals surface area contributed by atoms with Crippen LogP contribution in [-0.4, -0.2) is 36.2 Å². The van der Waals surface area contributed by atoms with E-state index in [1.54, 1.807) is 13.8 Å². The third kappa shape index (κ3) is 5.03. The number of hydrogen-bond donors (Lipinski definition) is 0. The standard InChI is InChI=1S/C8H14ClF2NO/c1-6(2)8(13)12(4-3-9)5-7(10)11/h6-7H,3-5H2,1-2H3. The van der Waals surface area contributed by atoms with E-state index in [9.17, 15) is 13.6 Å². The summed E-state index contributed by atoms with van der Waals surface area (Å²) < 4.78 is 24.0. The molecule has 0 aromatic rings. The van der Waals surface area contributed by atoms with Gasteiger partial charge in [-0.3, -0.25) is 4.79 Å². The maximum atomic E-state index is 12.0. The molecule has 5 heteroatoms. The van der Waals surface area contributed by atoms with E-state index in [4.69, 9.17) is 11.6 Å². The van der Waals surface area contributed by atoms with Crippen LogP contribution in [0.1, 0.15) is 13.8 Å². The molecule has 0 aliphatic heterocycles. The molecule has 0 saturated heterocycles. The minimum Gasteiger partial charge on any atom is -0.336 e. The molecule has 0 atom stereocenters. The second-order valence-electron chi connectivity index (χ2n) is 3.02. The molecule has 0 N–H and O–H groups in total. The van der Waals surface area contributed by atoms with Crippen LogP contribution in [-0.2, 0) is 4.79 Å². The molecule has 0 unspecified atom stereocenters. The Morgan fingerprint density at radius 2 is 2.00 bits per heavy atom. The third-order valence-corrected chi connectivity index (χ3v) is 1.69. The van der Waals surface area contributed by atoms with Crippen molar-refractivity contribution < 1.29 is 13.6 Å². The number of carbonyl (C=O) groups excluding carboxylic acids is 1. The highest BCUT2D eigenvalue weighted by Gasteiger charge is 2.19. The second-order valence-corrected chi connectivity index (χ2v) is 3.40. The quantitative estimate of drug-likeness (QED) is 0.640. The van der Waals surface area contributed by atoms with Gasteiger partial charge in [0.15, 0.2) is 0 Å². The molecule has 0 aliphatic carbocycles. The number of nitrogens with zero attached hydrogens (tertiary/aromatic N) is 1. The molecule has 1 amide bonds. The molecular formula is C8H14ClF2NO. The summed E-state index contributed by atoms with van der Waals surface area (Å²) >= 11 is 5.39. The SMILES string of the molecule is CC(C)C(=O)N(CCCl)CC(F)F. The number of carbonyl (C=O) groups is 1. The van der Waals surface area contributed by atoms with Crippen LogP contribution in [0.2, 0.25) is 0 Å². The molecule has 78 valence electrons. The molecule has 0 aliphatic rings. The van der Waals surface area contributed by atoms with Gasteiger partial charge in [0, 0.05) is 18.3 Å². The summed E-state index contributed by atoms with van der Waals surface area (Å²) in [5.74, 6) is -0.353. The van der Waals surface area contributed by atoms with Gasteiger partial charge in [0.25, 0.3) is 6.43 Å². The Bertz CT molecular complexity index is 164. The smallest absolute Gasteiger partial charge is 0.255 e. The van der Waals surface area contributed by atoms with Gasteiger partial charge in [0.05, 0.1) is 6.54 Å². The highest BCUT2D eigenvalue weighted by atomic mass is 35.5. The summed E-state index contributed by atoms with van der Waals surface area (Å²) in [7, 11) is 0. The normalized spacial score (nSPS) is 11.0. The first-order chi connectivity index (χ1) is 5.99. The van der Waals surface area contributed by atoms with Gasteiger partial charge >= 0.3 is 0 Å². The van der Waals surface area contributed by atoms with E-state index in [2.05, 4.69) is 0 Å². The monoisotopic (exact) mass is 213 g/mol. The number of halogens is 3. The molecule has 0 heterocycles.